The predicted molar refractivity (Wildman–Crippen MR) is 75.5 cm³/mol. The number of thiophene rings is 1. The molecule has 3 heteroatoms. The summed E-state index contributed by atoms with van der Waals surface area (Å²) in [5, 5.41) is 0. The van der Waals surface area contributed by atoms with Gasteiger partial charge in [-0.05, 0) is 48.9 Å². The first-order valence-electron chi connectivity index (χ1n) is 5.65. The molecule has 0 fully saturated rings. The zero-order valence-corrected chi connectivity index (χ0v) is 11.0. The number of hydrogen-bond acceptors (Lipinski definition) is 3. The lowest BCUT2D eigenvalue weighted by Crippen LogP contribution is -1.91. The Hall–Kier alpha value is -1.87. The van der Waals surface area contributed by atoms with Crippen molar-refractivity contribution >= 4 is 17.1 Å². The van der Waals surface area contributed by atoms with Crippen LogP contribution in [0.2, 0.25) is 0 Å². The SMILES string of the molecule is C=CCOc1ccc(-c2ccc(C(C)=O)s2)cc1. The molecular weight excluding hydrogens is 244 g/mol. The van der Waals surface area contributed by atoms with E-state index in [9.17, 15) is 4.79 Å². The van der Waals surface area contributed by atoms with Crippen molar-refractivity contribution in [3.05, 3.63) is 53.9 Å². The molecule has 0 N–H and O–H groups in total. The Morgan fingerprint density at radius 3 is 2.56 bits per heavy atom. The summed E-state index contributed by atoms with van der Waals surface area (Å²) >= 11 is 1.51. The third-order valence-corrected chi connectivity index (χ3v) is 3.69. The lowest BCUT2D eigenvalue weighted by Gasteiger charge is -2.03. The van der Waals surface area contributed by atoms with Crippen molar-refractivity contribution in [3.63, 3.8) is 0 Å². The van der Waals surface area contributed by atoms with E-state index in [-0.39, 0.29) is 5.78 Å². The first-order valence-corrected chi connectivity index (χ1v) is 6.47. The summed E-state index contributed by atoms with van der Waals surface area (Å²) in [6.07, 6.45) is 1.71. The van der Waals surface area contributed by atoms with Crippen LogP contribution >= 0.6 is 11.3 Å². The van der Waals surface area contributed by atoms with Gasteiger partial charge < -0.3 is 4.74 Å². The summed E-state index contributed by atoms with van der Waals surface area (Å²) in [6.45, 7) is 5.70. The van der Waals surface area contributed by atoms with E-state index in [0.29, 0.717) is 6.61 Å². The van der Waals surface area contributed by atoms with Crippen molar-refractivity contribution in [3.8, 4) is 16.2 Å². The second-order valence-electron chi connectivity index (χ2n) is 3.84. The molecule has 0 unspecified atom stereocenters. The Balaban J connectivity index is 2.17. The number of rotatable bonds is 5. The monoisotopic (exact) mass is 258 g/mol. The summed E-state index contributed by atoms with van der Waals surface area (Å²) in [7, 11) is 0. The summed E-state index contributed by atoms with van der Waals surface area (Å²) < 4.78 is 5.42. The van der Waals surface area contributed by atoms with E-state index in [1.54, 1.807) is 13.0 Å². The maximum atomic E-state index is 11.2. The Bertz CT molecular complexity index is 552. The third kappa shape index (κ3) is 2.87. The van der Waals surface area contributed by atoms with Gasteiger partial charge in [0.15, 0.2) is 5.78 Å². The van der Waals surface area contributed by atoms with E-state index >= 15 is 0 Å². The minimum absolute atomic E-state index is 0.109. The third-order valence-electron chi connectivity index (χ3n) is 2.46. The standard InChI is InChI=1S/C15H14O2S/c1-3-10-17-13-6-4-12(5-7-13)15-9-8-14(18-15)11(2)16/h3-9H,1,10H2,2H3. The lowest BCUT2D eigenvalue weighted by atomic mass is 10.2. The average Bonchev–Trinajstić information content (AvgIpc) is 2.87. The fourth-order valence-electron chi connectivity index (χ4n) is 1.55. The molecule has 0 atom stereocenters. The first kappa shape index (κ1) is 12.6. The van der Waals surface area contributed by atoms with Gasteiger partial charge in [0.1, 0.15) is 12.4 Å². The van der Waals surface area contributed by atoms with E-state index in [0.717, 1.165) is 21.1 Å². The van der Waals surface area contributed by atoms with Gasteiger partial charge in [0.2, 0.25) is 0 Å². The van der Waals surface area contributed by atoms with E-state index in [4.69, 9.17) is 4.74 Å². The van der Waals surface area contributed by atoms with Crippen molar-refractivity contribution in [1.29, 1.82) is 0 Å². The number of carbonyl (C=O) groups excluding carboxylic acids is 1. The maximum Gasteiger partial charge on any atom is 0.169 e. The van der Waals surface area contributed by atoms with E-state index < -0.39 is 0 Å². The van der Waals surface area contributed by atoms with Gasteiger partial charge in [-0.15, -0.1) is 11.3 Å². The van der Waals surface area contributed by atoms with Crippen LogP contribution in [-0.4, -0.2) is 12.4 Å². The maximum absolute atomic E-state index is 11.2. The Morgan fingerprint density at radius 1 is 1.28 bits per heavy atom. The molecule has 1 heterocycles. The van der Waals surface area contributed by atoms with E-state index in [1.165, 1.54) is 11.3 Å². The molecule has 18 heavy (non-hydrogen) atoms. The van der Waals surface area contributed by atoms with Crippen molar-refractivity contribution in [2.75, 3.05) is 6.61 Å². The molecule has 0 spiro atoms. The fourth-order valence-corrected chi connectivity index (χ4v) is 2.46. The van der Waals surface area contributed by atoms with Crippen LogP contribution in [0, 0.1) is 0 Å². The topological polar surface area (TPSA) is 26.3 Å². The van der Waals surface area contributed by atoms with Gasteiger partial charge in [0.25, 0.3) is 0 Å². The number of ether oxygens (including phenoxy) is 1. The molecular formula is C15H14O2S. The molecule has 2 aromatic rings. The van der Waals surface area contributed by atoms with Crippen molar-refractivity contribution in [2.24, 2.45) is 0 Å². The summed E-state index contributed by atoms with van der Waals surface area (Å²) in [4.78, 5) is 13.1. The fraction of sp³-hybridized carbons (Fsp3) is 0.133. The number of benzene rings is 1. The molecule has 0 aliphatic carbocycles. The molecule has 2 nitrogen and oxygen atoms in total. The predicted octanol–water partition coefficient (Wildman–Crippen LogP) is 4.18. The van der Waals surface area contributed by atoms with Gasteiger partial charge in [0, 0.05) is 4.88 Å². The van der Waals surface area contributed by atoms with Crippen LogP contribution in [0.4, 0.5) is 0 Å². The normalized spacial score (nSPS) is 10.1. The van der Waals surface area contributed by atoms with Gasteiger partial charge in [-0.2, -0.15) is 0 Å². The zero-order chi connectivity index (χ0) is 13.0. The van der Waals surface area contributed by atoms with Crippen molar-refractivity contribution in [1.82, 2.24) is 0 Å². The van der Waals surface area contributed by atoms with Gasteiger partial charge in [-0.1, -0.05) is 12.7 Å². The smallest absolute Gasteiger partial charge is 0.169 e. The molecule has 0 saturated heterocycles. The summed E-state index contributed by atoms with van der Waals surface area (Å²) in [5.74, 6) is 0.930. The molecule has 0 amide bonds. The highest BCUT2D eigenvalue weighted by Gasteiger charge is 2.06. The highest BCUT2D eigenvalue weighted by molar-refractivity contribution is 7.17. The average molecular weight is 258 g/mol. The molecule has 0 saturated carbocycles. The molecule has 2 rings (SSSR count). The molecule has 1 aromatic carbocycles. The Kier molecular flexibility index (Phi) is 3.95. The van der Waals surface area contributed by atoms with Crippen LogP contribution in [0.5, 0.6) is 5.75 Å². The minimum atomic E-state index is 0.109. The van der Waals surface area contributed by atoms with Crippen LogP contribution in [0.3, 0.4) is 0 Å². The van der Waals surface area contributed by atoms with Gasteiger partial charge in [0.05, 0.1) is 4.88 Å². The molecule has 0 aliphatic heterocycles. The van der Waals surface area contributed by atoms with Crippen molar-refractivity contribution in [2.45, 2.75) is 6.92 Å². The Morgan fingerprint density at radius 2 is 2.00 bits per heavy atom. The number of carbonyl (C=O) groups is 1. The summed E-state index contributed by atoms with van der Waals surface area (Å²) in [5.41, 5.74) is 1.10. The largest absolute Gasteiger partial charge is 0.490 e. The highest BCUT2D eigenvalue weighted by Crippen LogP contribution is 2.29. The minimum Gasteiger partial charge on any atom is -0.490 e. The van der Waals surface area contributed by atoms with Crippen molar-refractivity contribution < 1.29 is 9.53 Å². The zero-order valence-electron chi connectivity index (χ0n) is 10.2. The number of Topliss-reactive ketones (excluding diaryl/α,β-unsaturated/α-hetero) is 1. The quantitative estimate of drug-likeness (QED) is 0.594. The van der Waals surface area contributed by atoms with Crippen LogP contribution in [0.25, 0.3) is 10.4 Å². The molecule has 0 radical (unpaired) electrons. The van der Waals surface area contributed by atoms with Gasteiger partial charge in [-0.25, -0.2) is 0 Å². The highest BCUT2D eigenvalue weighted by atomic mass is 32.1. The Labute approximate surface area is 111 Å². The molecule has 0 bridgehead atoms. The molecule has 1 aromatic heterocycles. The van der Waals surface area contributed by atoms with Crippen LogP contribution in [0.15, 0.2) is 49.1 Å². The second kappa shape index (κ2) is 5.65. The lowest BCUT2D eigenvalue weighted by molar-refractivity contribution is 0.102. The van der Waals surface area contributed by atoms with E-state index in [1.807, 2.05) is 36.4 Å². The van der Waals surface area contributed by atoms with Gasteiger partial charge in [-0.3, -0.25) is 4.79 Å². The van der Waals surface area contributed by atoms with Crippen LogP contribution in [0.1, 0.15) is 16.6 Å². The molecule has 92 valence electrons. The van der Waals surface area contributed by atoms with E-state index in [2.05, 4.69) is 6.58 Å². The number of ketones is 1. The number of hydrogen-bond donors (Lipinski definition) is 0. The van der Waals surface area contributed by atoms with Gasteiger partial charge >= 0.3 is 0 Å². The van der Waals surface area contributed by atoms with Crippen LogP contribution in [-0.2, 0) is 0 Å². The molecule has 0 aliphatic rings. The summed E-state index contributed by atoms with van der Waals surface area (Å²) in [6, 6.07) is 11.7. The van der Waals surface area contributed by atoms with Crippen LogP contribution < -0.4 is 4.74 Å². The second-order valence-corrected chi connectivity index (χ2v) is 4.93. The first-order chi connectivity index (χ1) is 8.70.